The molecule has 0 radical (unpaired) electrons. The van der Waals surface area contributed by atoms with Crippen LogP contribution in [0.25, 0.3) is 0 Å². The second-order valence-electron chi connectivity index (χ2n) is 10.6. The summed E-state index contributed by atoms with van der Waals surface area (Å²) in [5.41, 5.74) is 1.50. The number of amides is 1. The predicted octanol–water partition coefficient (Wildman–Crippen LogP) is 8.49. The lowest BCUT2D eigenvalue weighted by Crippen LogP contribution is -2.34. The first-order valence-corrected chi connectivity index (χ1v) is 17.6. The van der Waals surface area contributed by atoms with Gasteiger partial charge < -0.3 is 15.7 Å². The fourth-order valence-corrected chi connectivity index (χ4v) is 10.7. The summed E-state index contributed by atoms with van der Waals surface area (Å²) in [6.07, 6.45) is 17.8. The van der Waals surface area contributed by atoms with Gasteiger partial charge in [0.2, 0.25) is 0 Å². The number of hydrogen-bond acceptors (Lipinski definition) is 3. The molecule has 0 bridgehead atoms. The van der Waals surface area contributed by atoms with Crippen LogP contribution in [-0.2, 0) is 4.79 Å². The number of carboxylic acid groups (broad SMARTS) is 1. The van der Waals surface area contributed by atoms with Gasteiger partial charge in [-0.2, -0.15) is 0 Å². The van der Waals surface area contributed by atoms with Crippen molar-refractivity contribution in [1.82, 2.24) is 5.32 Å². The number of carboxylic acids is 1. The van der Waals surface area contributed by atoms with Crippen molar-refractivity contribution in [3.05, 3.63) is 29.8 Å². The van der Waals surface area contributed by atoms with Gasteiger partial charge in [0.15, 0.2) is 0 Å². The Labute approximate surface area is 222 Å². The molecule has 3 N–H and O–H groups in total. The molecule has 1 amide bonds. The summed E-state index contributed by atoms with van der Waals surface area (Å²) >= 11 is 0. The summed E-state index contributed by atoms with van der Waals surface area (Å²) in [5.74, 6) is -1.39. The number of carbonyl (C=O) groups is 2. The zero-order valence-electron chi connectivity index (χ0n) is 23.5. The molecule has 0 unspecified atom stereocenters. The Morgan fingerprint density at radius 3 is 1.61 bits per heavy atom. The zero-order chi connectivity index (χ0) is 26.5. The highest BCUT2D eigenvalue weighted by Gasteiger charge is 2.30. The lowest BCUT2D eigenvalue weighted by atomic mass is 10.2. The quantitative estimate of drug-likeness (QED) is 0.100. The number of benzene rings is 1. The van der Waals surface area contributed by atoms with Crippen molar-refractivity contribution in [3.63, 3.8) is 0 Å². The molecule has 0 aromatic heterocycles. The lowest BCUT2D eigenvalue weighted by Gasteiger charge is -2.33. The molecule has 36 heavy (non-hydrogen) atoms. The minimum atomic E-state index is -1.27. The number of nitrogens with one attached hydrogen (secondary N) is 2. The minimum Gasteiger partial charge on any atom is -0.480 e. The van der Waals surface area contributed by atoms with E-state index >= 15 is 0 Å². The van der Waals surface area contributed by atoms with Crippen molar-refractivity contribution in [1.29, 1.82) is 0 Å². The smallest absolute Gasteiger partial charge is 0.322 e. The van der Waals surface area contributed by atoms with Gasteiger partial charge in [-0.25, -0.2) is 0 Å². The number of hydrogen-bond donors (Lipinski definition) is 3. The molecule has 0 aliphatic rings. The van der Waals surface area contributed by atoms with Crippen LogP contribution in [0.15, 0.2) is 24.3 Å². The normalized spacial score (nSPS) is 11.4. The van der Waals surface area contributed by atoms with Gasteiger partial charge >= 0.3 is 5.97 Å². The van der Waals surface area contributed by atoms with Gasteiger partial charge in [0.25, 0.3) is 5.91 Å². The van der Waals surface area contributed by atoms with Crippen LogP contribution in [0.4, 0.5) is 5.69 Å². The van der Waals surface area contributed by atoms with Gasteiger partial charge in [-0.15, -0.1) is 0 Å². The van der Waals surface area contributed by atoms with Gasteiger partial charge in [-0.1, -0.05) is 122 Å². The topological polar surface area (TPSA) is 78.4 Å². The van der Waals surface area contributed by atoms with E-state index in [9.17, 15) is 9.59 Å². The predicted molar refractivity (Wildman–Crippen MR) is 157 cm³/mol. The van der Waals surface area contributed by atoms with Crippen LogP contribution >= 0.6 is 0 Å². The molecule has 0 fully saturated rings. The molecule has 206 valence electrons. The molecule has 0 spiro atoms. The molecule has 1 aromatic rings. The molecular formula is C30H54N2O3Si. The number of unbranched alkanes of at least 4 members (excludes halogenated alkanes) is 9. The molecule has 5 nitrogen and oxygen atoms in total. The molecule has 1 aromatic carbocycles. The Kier molecular flexibility index (Phi) is 18.1. The summed E-state index contributed by atoms with van der Waals surface area (Å²) in [4.78, 5) is 22.7. The number of aliphatic carboxylic acids is 1. The Balaban J connectivity index is 2.67. The summed E-state index contributed by atoms with van der Waals surface area (Å²) in [7, 11) is -1.27. The molecule has 0 aliphatic carbocycles. The second kappa shape index (κ2) is 20.3. The van der Waals surface area contributed by atoms with E-state index in [4.69, 9.17) is 5.11 Å². The van der Waals surface area contributed by atoms with E-state index in [1.54, 1.807) is 12.1 Å². The van der Waals surface area contributed by atoms with Crippen molar-refractivity contribution in [3.8, 4) is 0 Å². The average Bonchev–Trinajstić information content (AvgIpc) is 2.88. The van der Waals surface area contributed by atoms with E-state index < -0.39 is 14.0 Å². The molecule has 0 aliphatic heterocycles. The van der Waals surface area contributed by atoms with E-state index in [0.717, 1.165) is 12.2 Å². The lowest BCUT2D eigenvalue weighted by molar-refractivity contribution is -0.135. The first-order chi connectivity index (χ1) is 17.5. The van der Waals surface area contributed by atoms with Crippen LogP contribution in [0.3, 0.4) is 0 Å². The van der Waals surface area contributed by atoms with E-state index in [1.807, 2.05) is 12.1 Å². The number of anilines is 1. The Bertz CT molecular complexity index is 677. The highest BCUT2D eigenvalue weighted by atomic mass is 28.3. The van der Waals surface area contributed by atoms with Crippen LogP contribution in [0, 0.1) is 0 Å². The highest BCUT2D eigenvalue weighted by Crippen LogP contribution is 2.34. The molecule has 6 heteroatoms. The Morgan fingerprint density at radius 2 is 1.17 bits per heavy atom. The van der Waals surface area contributed by atoms with Crippen molar-refractivity contribution in [2.45, 2.75) is 128 Å². The van der Waals surface area contributed by atoms with Crippen molar-refractivity contribution in [2.24, 2.45) is 0 Å². The standard InChI is InChI=1S/C30H54N2O3Si/c1-4-7-10-13-22-36(23-14-11-8-5-2,24-15-12-9-6-3)25-16-21-31-28-19-17-27(18-20-28)30(35)32-26-29(33)34/h17-20,31H,4-16,21-26H2,1-3H3,(H,32,35)(H,33,34). The molecule has 0 atom stereocenters. The van der Waals surface area contributed by atoms with Crippen LogP contribution in [-0.4, -0.2) is 38.1 Å². The summed E-state index contributed by atoms with van der Waals surface area (Å²) < 4.78 is 0. The molecule has 1 rings (SSSR count). The molecule has 0 saturated heterocycles. The van der Waals surface area contributed by atoms with Crippen LogP contribution < -0.4 is 10.6 Å². The third-order valence-electron chi connectivity index (χ3n) is 7.44. The van der Waals surface area contributed by atoms with E-state index in [-0.39, 0.29) is 12.5 Å². The van der Waals surface area contributed by atoms with E-state index in [2.05, 4.69) is 31.4 Å². The molecular weight excluding hydrogens is 464 g/mol. The van der Waals surface area contributed by atoms with Crippen molar-refractivity contribution in [2.75, 3.05) is 18.4 Å². The number of carbonyl (C=O) groups excluding carboxylic acids is 1. The van der Waals surface area contributed by atoms with Crippen LogP contribution in [0.1, 0.15) is 115 Å². The van der Waals surface area contributed by atoms with E-state index in [0.29, 0.717) is 5.56 Å². The van der Waals surface area contributed by atoms with Gasteiger partial charge in [-0.3, -0.25) is 9.59 Å². The summed E-state index contributed by atoms with van der Waals surface area (Å²) in [6, 6.07) is 13.3. The van der Waals surface area contributed by atoms with Crippen LogP contribution in [0.5, 0.6) is 0 Å². The maximum absolute atomic E-state index is 12.0. The Hall–Kier alpha value is -1.82. The third-order valence-corrected chi connectivity index (χ3v) is 13.1. The Morgan fingerprint density at radius 1 is 0.694 bits per heavy atom. The van der Waals surface area contributed by atoms with E-state index in [1.165, 1.54) is 108 Å². The molecule has 0 saturated carbocycles. The van der Waals surface area contributed by atoms with Crippen LogP contribution in [0.2, 0.25) is 24.2 Å². The maximum Gasteiger partial charge on any atom is 0.322 e. The fourth-order valence-electron chi connectivity index (χ4n) is 5.22. The monoisotopic (exact) mass is 518 g/mol. The fraction of sp³-hybridized carbons (Fsp3) is 0.733. The molecule has 0 heterocycles. The first kappa shape index (κ1) is 32.2. The zero-order valence-corrected chi connectivity index (χ0v) is 24.5. The van der Waals surface area contributed by atoms with Gasteiger partial charge in [-0.05, 0) is 30.7 Å². The van der Waals surface area contributed by atoms with Gasteiger partial charge in [0.05, 0.1) is 8.07 Å². The third kappa shape index (κ3) is 14.7. The van der Waals surface area contributed by atoms with Gasteiger partial charge in [0, 0.05) is 17.8 Å². The highest BCUT2D eigenvalue weighted by molar-refractivity contribution is 6.79. The van der Waals surface area contributed by atoms with Crippen molar-refractivity contribution >= 4 is 25.6 Å². The summed E-state index contributed by atoms with van der Waals surface area (Å²) in [5, 5.41) is 14.7. The largest absolute Gasteiger partial charge is 0.480 e. The second-order valence-corrected chi connectivity index (χ2v) is 15.6. The van der Waals surface area contributed by atoms with Crippen molar-refractivity contribution < 1.29 is 14.7 Å². The SMILES string of the molecule is CCCCCC[Si](CCCCCC)(CCCCCC)CCCNc1ccc(C(=O)NCC(=O)O)cc1. The number of rotatable bonds is 23. The average molecular weight is 519 g/mol. The first-order valence-electron chi connectivity index (χ1n) is 14.8. The summed E-state index contributed by atoms with van der Waals surface area (Å²) in [6.45, 7) is 7.53. The minimum absolute atomic E-state index is 0.353. The van der Waals surface area contributed by atoms with Gasteiger partial charge in [0.1, 0.15) is 6.54 Å². The maximum atomic E-state index is 12.0.